The van der Waals surface area contributed by atoms with Crippen LogP contribution in [0.25, 0.3) is 0 Å². The fourth-order valence-electron chi connectivity index (χ4n) is 2.35. The van der Waals surface area contributed by atoms with Gasteiger partial charge in [-0.05, 0) is 18.6 Å². The summed E-state index contributed by atoms with van der Waals surface area (Å²) in [5.41, 5.74) is 0.555. The van der Waals surface area contributed by atoms with Crippen molar-refractivity contribution in [2.75, 3.05) is 7.11 Å². The molecule has 22 heavy (non-hydrogen) atoms. The molecule has 4 nitrogen and oxygen atoms in total. The Balaban J connectivity index is 2.44. The maximum absolute atomic E-state index is 12.1. The molecule has 0 heterocycles. The molecular formula is C18H27NO3. The fraction of sp³-hybridized carbons (Fsp3) is 0.556. The van der Waals surface area contributed by atoms with Crippen LogP contribution < -0.4 is 5.32 Å². The van der Waals surface area contributed by atoms with Crippen LogP contribution in [-0.2, 0) is 9.53 Å². The second kappa shape index (κ2) is 10.8. The van der Waals surface area contributed by atoms with E-state index in [4.69, 9.17) is 4.74 Å². The number of esters is 1. The van der Waals surface area contributed by atoms with Gasteiger partial charge in [0.25, 0.3) is 5.91 Å². The molecule has 1 atom stereocenters. The first-order chi connectivity index (χ1) is 10.7. The van der Waals surface area contributed by atoms with Gasteiger partial charge in [-0.2, -0.15) is 0 Å². The lowest BCUT2D eigenvalue weighted by molar-refractivity contribution is -0.143. The van der Waals surface area contributed by atoms with Gasteiger partial charge in [0.1, 0.15) is 6.04 Å². The van der Waals surface area contributed by atoms with Gasteiger partial charge in [0.2, 0.25) is 0 Å². The van der Waals surface area contributed by atoms with Crippen LogP contribution in [0.3, 0.4) is 0 Å². The Bertz CT molecular complexity index is 445. The zero-order chi connectivity index (χ0) is 16.2. The van der Waals surface area contributed by atoms with E-state index < -0.39 is 6.04 Å². The van der Waals surface area contributed by atoms with Crippen LogP contribution in [0.15, 0.2) is 30.3 Å². The standard InChI is InChI=1S/C18H27NO3/c1-3-4-5-6-7-11-14-16(18(21)22-2)19-17(20)15-12-9-8-10-13-15/h8-10,12-13,16H,3-7,11,14H2,1-2H3,(H,19,20)/t16-/m1/s1. The zero-order valence-electron chi connectivity index (χ0n) is 13.6. The Hall–Kier alpha value is -1.84. The fourth-order valence-corrected chi connectivity index (χ4v) is 2.35. The van der Waals surface area contributed by atoms with Crippen LogP contribution in [0.1, 0.15) is 62.2 Å². The number of carbonyl (C=O) groups excluding carboxylic acids is 2. The Kier molecular flexibility index (Phi) is 8.96. The molecule has 1 aromatic carbocycles. The van der Waals surface area contributed by atoms with E-state index in [0.29, 0.717) is 12.0 Å². The second-order valence-corrected chi connectivity index (χ2v) is 5.47. The summed E-state index contributed by atoms with van der Waals surface area (Å²) in [6.45, 7) is 2.19. The number of ether oxygens (including phenoxy) is 1. The maximum atomic E-state index is 12.1. The highest BCUT2D eigenvalue weighted by molar-refractivity contribution is 5.96. The van der Waals surface area contributed by atoms with Gasteiger partial charge in [-0.25, -0.2) is 4.79 Å². The molecule has 1 aromatic rings. The van der Waals surface area contributed by atoms with Gasteiger partial charge in [-0.15, -0.1) is 0 Å². The van der Waals surface area contributed by atoms with Crippen molar-refractivity contribution in [3.8, 4) is 0 Å². The van der Waals surface area contributed by atoms with Crippen molar-refractivity contribution >= 4 is 11.9 Å². The number of hydrogen-bond donors (Lipinski definition) is 1. The van der Waals surface area contributed by atoms with E-state index in [-0.39, 0.29) is 11.9 Å². The van der Waals surface area contributed by atoms with Crippen molar-refractivity contribution in [3.05, 3.63) is 35.9 Å². The number of rotatable bonds is 10. The van der Waals surface area contributed by atoms with Gasteiger partial charge < -0.3 is 10.1 Å². The van der Waals surface area contributed by atoms with Crippen LogP contribution in [0, 0.1) is 0 Å². The first-order valence-corrected chi connectivity index (χ1v) is 8.12. The van der Waals surface area contributed by atoms with Crippen molar-refractivity contribution in [2.24, 2.45) is 0 Å². The minimum absolute atomic E-state index is 0.234. The van der Waals surface area contributed by atoms with Crippen LogP contribution in [-0.4, -0.2) is 25.0 Å². The lowest BCUT2D eigenvalue weighted by Gasteiger charge is -2.16. The third-order valence-electron chi connectivity index (χ3n) is 3.67. The van der Waals surface area contributed by atoms with E-state index in [2.05, 4.69) is 12.2 Å². The average molecular weight is 305 g/mol. The van der Waals surface area contributed by atoms with Gasteiger partial charge >= 0.3 is 5.97 Å². The van der Waals surface area contributed by atoms with Gasteiger partial charge in [0.15, 0.2) is 0 Å². The third-order valence-corrected chi connectivity index (χ3v) is 3.67. The van der Waals surface area contributed by atoms with E-state index in [0.717, 1.165) is 12.8 Å². The molecule has 0 aliphatic rings. The molecule has 4 heteroatoms. The van der Waals surface area contributed by atoms with E-state index in [9.17, 15) is 9.59 Å². The van der Waals surface area contributed by atoms with Crippen molar-refractivity contribution in [1.29, 1.82) is 0 Å². The van der Waals surface area contributed by atoms with Gasteiger partial charge in [-0.1, -0.05) is 63.6 Å². The highest BCUT2D eigenvalue weighted by atomic mass is 16.5. The Morgan fingerprint density at radius 2 is 1.68 bits per heavy atom. The predicted octanol–water partition coefficient (Wildman–Crippen LogP) is 3.71. The van der Waals surface area contributed by atoms with E-state index in [1.54, 1.807) is 24.3 Å². The summed E-state index contributed by atoms with van der Waals surface area (Å²) in [6.07, 6.45) is 7.50. The molecule has 0 radical (unpaired) electrons. The molecule has 0 aliphatic heterocycles. The van der Waals surface area contributed by atoms with Crippen molar-refractivity contribution in [2.45, 2.75) is 57.9 Å². The largest absolute Gasteiger partial charge is 0.467 e. The Labute approximate surface area is 133 Å². The molecule has 0 saturated carbocycles. The van der Waals surface area contributed by atoms with Gasteiger partial charge in [-0.3, -0.25) is 4.79 Å². The minimum Gasteiger partial charge on any atom is -0.467 e. The number of unbranched alkanes of at least 4 members (excludes halogenated alkanes) is 5. The van der Waals surface area contributed by atoms with E-state index >= 15 is 0 Å². The number of benzene rings is 1. The van der Waals surface area contributed by atoms with Crippen molar-refractivity contribution in [3.63, 3.8) is 0 Å². The number of carbonyl (C=O) groups is 2. The van der Waals surface area contributed by atoms with Crippen LogP contribution in [0.2, 0.25) is 0 Å². The molecule has 0 bridgehead atoms. The second-order valence-electron chi connectivity index (χ2n) is 5.47. The van der Waals surface area contributed by atoms with E-state index in [1.807, 2.05) is 6.07 Å². The summed E-state index contributed by atoms with van der Waals surface area (Å²) in [5.74, 6) is -0.611. The van der Waals surface area contributed by atoms with Gasteiger partial charge in [0.05, 0.1) is 7.11 Å². The monoisotopic (exact) mass is 305 g/mol. The molecule has 1 N–H and O–H groups in total. The molecule has 1 amide bonds. The molecule has 1 rings (SSSR count). The van der Waals surface area contributed by atoms with Crippen LogP contribution in [0.4, 0.5) is 0 Å². The first kappa shape index (κ1) is 18.2. The summed E-state index contributed by atoms with van der Waals surface area (Å²) in [5, 5.41) is 2.77. The Morgan fingerprint density at radius 1 is 1.05 bits per heavy atom. The average Bonchev–Trinajstić information content (AvgIpc) is 2.56. The summed E-state index contributed by atoms with van der Waals surface area (Å²) in [7, 11) is 1.35. The van der Waals surface area contributed by atoms with Crippen LogP contribution in [0.5, 0.6) is 0 Å². The molecule has 0 spiro atoms. The normalized spacial score (nSPS) is 11.7. The molecule has 0 unspecified atom stereocenters. The predicted molar refractivity (Wildman–Crippen MR) is 87.7 cm³/mol. The lowest BCUT2D eigenvalue weighted by atomic mass is 10.1. The summed E-state index contributed by atoms with van der Waals surface area (Å²) in [4.78, 5) is 23.9. The van der Waals surface area contributed by atoms with Crippen molar-refractivity contribution in [1.82, 2.24) is 5.32 Å². The summed E-state index contributed by atoms with van der Waals surface area (Å²) in [6, 6.07) is 8.35. The quantitative estimate of drug-likeness (QED) is 0.529. The minimum atomic E-state index is -0.566. The molecule has 0 aromatic heterocycles. The highest BCUT2D eigenvalue weighted by Crippen LogP contribution is 2.10. The van der Waals surface area contributed by atoms with E-state index in [1.165, 1.54) is 32.8 Å². The number of methoxy groups -OCH3 is 1. The van der Waals surface area contributed by atoms with Gasteiger partial charge in [0, 0.05) is 5.56 Å². The lowest BCUT2D eigenvalue weighted by Crippen LogP contribution is -2.41. The topological polar surface area (TPSA) is 55.4 Å². The SMILES string of the molecule is CCCCCCCC[C@@H](NC(=O)c1ccccc1)C(=O)OC. The van der Waals surface area contributed by atoms with Crippen LogP contribution >= 0.6 is 0 Å². The maximum Gasteiger partial charge on any atom is 0.328 e. The molecule has 0 fully saturated rings. The Morgan fingerprint density at radius 3 is 2.32 bits per heavy atom. The van der Waals surface area contributed by atoms with Crippen molar-refractivity contribution < 1.29 is 14.3 Å². The highest BCUT2D eigenvalue weighted by Gasteiger charge is 2.21. The number of hydrogen-bond acceptors (Lipinski definition) is 3. The summed E-state index contributed by atoms with van der Waals surface area (Å²) < 4.78 is 4.79. The molecule has 0 aliphatic carbocycles. The number of nitrogens with one attached hydrogen (secondary N) is 1. The molecule has 0 saturated heterocycles. The third kappa shape index (κ3) is 6.74. The first-order valence-electron chi connectivity index (χ1n) is 8.12. The smallest absolute Gasteiger partial charge is 0.328 e. The zero-order valence-corrected chi connectivity index (χ0v) is 13.6. The molecule has 122 valence electrons. The molecular weight excluding hydrogens is 278 g/mol. The number of amides is 1. The summed E-state index contributed by atoms with van der Waals surface area (Å²) >= 11 is 0.